The molecular weight excluding hydrogens is 202 g/mol. The molecule has 3 rings (SSSR count). The molecule has 0 atom stereocenters. The summed E-state index contributed by atoms with van der Waals surface area (Å²) < 4.78 is 10.8. The van der Waals surface area contributed by atoms with Crippen molar-refractivity contribution in [3.8, 4) is 0 Å². The van der Waals surface area contributed by atoms with Crippen LogP contribution in [0, 0.1) is 0 Å². The normalized spacial score (nSPS) is 18.0. The fourth-order valence-corrected chi connectivity index (χ4v) is 2.35. The van der Waals surface area contributed by atoms with Gasteiger partial charge in [0, 0.05) is 24.7 Å². The standard InChI is InChI=1S/C13H15NO2/c14-13-8-11-2-1-10(7-12(11)16-13)9-3-5-15-6-4-9/h1-2,7-9H,3-6,14H2. The van der Waals surface area contributed by atoms with Crippen LogP contribution in [0.2, 0.25) is 0 Å². The summed E-state index contributed by atoms with van der Waals surface area (Å²) in [6, 6.07) is 8.23. The Bertz CT molecular complexity index is 498. The largest absolute Gasteiger partial charge is 0.441 e. The van der Waals surface area contributed by atoms with Crippen LogP contribution < -0.4 is 5.73 Å². The summed E-state index contributed by atoms with van der Waals surface area (Å²) in [6.45, 7) is 1.73. The molecule has 3 heteroatoms. The molecule has 1 saturated heterocycles. The molecule has 0 amide bonds. The lowest BCUT2D eigenvalue weighted by atomic mass is 9.91. The summed E-state index contributed by atoms with van der Waals surface area (Å²) in [6.07, 6.45) is 2.20. The molecule has 0 aliphatic carbocycles. The van der Waals surface area contributed by atoms with E-state index in [9.17, 15) is 0 Å². The number of nitrogen functional groups attached to an aromatic ring is 1. The van der Waals surface area contributed by atoms with E-state index in [2.05, 4.69) is 18.2 Å². The highest BCUT2D eigenvalue weighted by molar-refractivity contribution is 5.81. The number of hydrogen-bond acceptors (Lipinski definition) is 3. The third-order valence-electron chi connectivity index (χ3n) is 3.26. The van der Waals surface area contributed by atoms with E-state index in [0.717, 1.165) is 37.0 Å². The second kappa shape index (κ2) is 3.83. The van der Waals surface area contributed by atoms with Gasteiger partial charge in [-0.1, -0.05) is 12.1 Å². The average Bonchev–Trinajstić information content (AvgIpc) is 2.69. The van der Waals surface area contributed by atoms with Crippen molar-refractivity contribution in [1.82, 2.24) is 0 Å². The Morgan fingerprint density at radius 1 is 1.12 bits per heavy atom. The molecule has 1 fully saturated rings. The van der Waals surface area contributed by atoms with Crippen molar-refractivity contribution in [2.75, 3.05) is 18.9 Å². The maximum atomic E-state index is 5.63. The van der Waals surface area contributed by atoms with Gasteiger partial charge in [0.2, 0.25) is 0 Å². The fraction of sp³-hybridized carbons (Fsp3) is 0.385. The quantitative estimate of drug-likeness (QED) is 0.799. The Labute approximate surface area is 94.2 Å². The van der Waals surface area contributed by atoms with Crippen LogP contribution in [0.1, 0.15) is 24.3 Å². The van der Waals surface area contributed by atoms with Gasteiger partial charge in [-0.3, -0.25) is 0 Å². The van der Waals surface area contributed by atoms with E-state index >= 15 is 0 Å². The first-order chi connectivity index (χ1) is 7.83. The second-order valence-electron chi connectivity index (χ2n) is 4.33. The van der Waals surface area contributed by atoms with E-state index in [0.29, 0.717) is 11.8 Å². The summed E-state index contributed by atoms with van der Waals surface area (Å²) in [5.74, 6) is 1.09. The molecule has 0 radical (unpaired) electrons. The van der Waals surface area contributed by atoms with E-state index < -0.39 is 0 Å². The molecule has 2 aromatic rings. The zero-order valence-corrected chi connectivity index (χ0v) is 9.11. The Balaban J connectivity index is 1.97. The van der Waals surface area contributed by atoms with Crippen molar-refractivity contribution >= 4 is 16.9 Å². The van der Waals surface area contributed by atoms with Crippen molar-refractivity contribution in [1.29, 1.82) is 0 Å². The van der Waals surface area contributed by atoms with Gasteiger partial charge >= 0.3 is 0 Å². The molecule has 16 heavy (non-hydrogen) atoms. The summed E-state index contributed by atoms with van der Waals surface area (Å²) >= 11 is 0. The highest BCUT2D eigenvalue weighted by atomic mass is 16.5. The van der Waals surface area contributed by atoms with E-state index in [1.54, 1.807) is 0 Å². The number of furan rings is 1. The van der Waals surface area contributed by atoms with Gasteiger partial charge in [-0.05, 0) is 30.4 Å². The minimum absolute atomic E-state index is 0.485. The van der Waals surface area contributed by atoms with Crippen LogP contribution in [-0.4, -0.2) is 13.2 Å². The number of nitrogens with two attached hydrogens (primary N) is 1. The lowest BCUT2D eigenvalue weighted by Crippen LogP contribution is -2.13. The molecule has 1 aromatic heterocycles. The van der Waals surface area contributed by atoms with Crippen molar-refractivity contribution < 1.29 is 9.15 Å². The van der Waals surface area contributed by atoms with Gasteiger partial charge in [-0.15, -0.1) is 0 Å². The molecule has 0 saturated carbocycles. The molecule has 0 spiro atoms. The van der Waals surface area contributed by atoms with Crippen molar-refractivity contribution in [2.24, 2.45) is 0 Å². The fourth-order valence-electron chi connectivity index (χ4n) is 2.35. The summed E-state index contributed by atoms with van der Waals surface area (Å²) in [5, 5.41) is 1.08. The highest BCUT2D eigenvalue weighted by Gasteiger charge is 2.16. The first-order valence-corrected chi connectivity index (χ1v) is 5.69. The first kappa shape index (κ1) is 9.73. The number of fused-ring (bicyclic) bond motifs is 1. The molecule has 0 bridgehead atoms. The van der Waals surface area contributed by atoms with Gasteiger partial charge in [-0.25, -0.2) is 0 Å². The van der Waals surface area contributed by atoms with Crippen LogP contribution in [0.25, 0.3) is 11.0 Å². The SMILES string of the molecule is Nc1cc2ccc(C3CCOCC3)cc2o1. The number of ether oxygens (including phenoxy) is 1. The monoisotopic (exact) mass is 217 g/mol. The minimum Gasteiger partial charge on any atom is -0.441 e. The first-order valence-electron chi connectivity index (χ1n) is 5.69. The summed E-state index contributed by atoms with van der Waals surface area (Å²) in [4.78, 5) is 0. The number of hydrogen-bond donors (Lipinski definition) is 1. The van der Waals surface area contributed by atoms with E-state index in [-0.39, 0.29) is 0 Å². The second-order valence-corrected chi connectivity index (χ2v) is 4.33. The van der Waals surface area contributed by atoms with Gasteiger partial charge in [0.1, 0.15) is 5.58 Å². The molecule has 84 valence electrons. The minimum atomic E-state index is 0.485. The molecule has 2 heterocycles. The lowest BCUT2D eigenvalue weighted by molar-refractivity contribution is 0.0853. The zero-order chi connectivity index (χ0) is 11.0. The van der Waals surface area contributed by atoms with Crippen LogP contribution in [-0.2, 0) is 4.74 Å². The van der Waals surface area contributed by atoms with E-state index in [1.807, 2.05) is 6.07 Å². The Morgan fingerprint density at radius 2 is 1.94 bits per heavy atom. The molecule has 1 aliphatic rings. The lowest BCUT2D eigenvalue weighted by Gasteiger charge is -2.22. The van der Waals surface area contributed by atoms with Crippen LogP contribution in [0.15, 0.2) is 28.7 Å². The number of benzene rings is 1. The predicted octanol–water partition coefficient (Wildman–Crippen LogP) is 2.91. The van der Waals surface area contributed by atoms with Gasteiger partial charge < -0.3 is 14.9 Å². The van der Waals surface area contributed by atoms with E-state index in [1.165, 1.54) is 5.56 Å². The molecule has 3 nitrogen and oxygen atoms in total. The summed E-state index contributed by atoms with van der Waals surface area (Å²) in [5.41, 5.74) is 7.86. The van der Waals surface area contributed by atoms with Gasteiger partial charge in [-0.2, -0.15) is 0 Å². The van der Waals surface area contributed by atoms with Crippen molar-refractivity contribution in [3.05, 3.63) is 29.8 Å². The Hall–Kier alpha value is -1.48. The smallest absolute Gasteiger partial charge is 0.191 e. The highest BCUT2D eigenvalue weighted by Crippen LogP contribution is 2.30. The van der Waals surface area contributed by atoms with Crippen LogP contribution >= 0.6 is 0 Å². The Kier molecular flexibility index (Phi) is 2.33. The van der Waals surface area contributed by atoms with Crippen LogP contribution in [0.3, 0.4) is 0 Å². The molecule has 2 N–H and O–H groups in total. The maximum absolute atomic E-state index is 5.63. The molecule has 1 aromatic carbocycles. The molecular formula is C13H15NO2. The topological polar surface area (TPSA) is 48.4 Å². The Morgan fingerprint density at radius 3 is 2.75 bits per heavy atom. The summed E-state index contributed by atoms with van der Waals surface area (Å²) in [7, 11) is 0. The average molecular weight is 217 g/mol. The zero-order valence-electron chi connectivity index (χ0n) is 9.11. The number of rotatable bonds is 1. The third kappa shape index (κ3) is 1.67. The van der Waals surface area contributed by atoms with Crippen LogP contribution in [0.5, 0.6) is 0 Å². The van der Waals surface area contributed by atoms with E-state index in [4.69, 9.17) is 14.9 Å². The number of anilines is 1. The third-order valence-corrected chi connectivity index (χ3v) is 3.26. The maximum Gasteiger partial charge on any atom is 0.191 e. The van der Waals surface area contributed by atoms with Gasteiger partial charge in [0.15, 0.2) is 5.88 Å². The molecule has 0 unspecified atom stereocenters. The van der Waals surface area contributed by atoms with Crippen molar-refractivity contribution in [2.45, 2.75) is 18.8 Å². The van der Waals surface area contributed by atoms with Gasteiger partial charge in [0.25, 0.3) is 0 Å². The predicted molar refractivity (Wildman–Crippen MR) is 63.4 cm³/mol. The van der Waals surface area contributed by atoms with Crippen molar-refractivity contribution in [3.63, 3.8) is 0 Å². The van der Waals surface area contributed by atoms with Crippen LogP contribution in [0.4, 0.5) is 5.88 Å². The van der Waals surface area contributed by atoms with Gasteiger partial charge in [0.05, 0.1) is 0 Å². The molecule has 1 aliphatic heterocycles.